The van der Waals surface area contributed by atoms with E-state index in [1.165, 1.54) is 36.0 Å². The van der Waals surface area contributed by atoms with E-state index in [2.05, 4.69) is 34.3 Å². The molecule has 0 spiro atoms. The summed E-state index contributed by atoms with van der Waals surface area (Å²) in [6, 6.07) is -2.32. The summed E-state index contributed by atoms with van der Waals surface area (Å²) in [6.45, 7) is 11.5. The third-order valence-corrected chi connectivity index (χ3v) is 13.9. The number of nitrogens with zero attached hydrogens (tertiary/aromatic N) is 3. The second kappa shape index (κ2) is 36.7. The van der Waals surface area contributed by atoms with Gasteiger partial charge >= 0.3 is 0 Å². The predicted octanol–water partition coefficient (Wildman–Crippen LogP) is 0.805. The van der Waals surface area contributed by atoms with Gasteiger partial charge in [0, 0.05) is 62.0 Å². The molecule has 4 heterocycles. The molecule has 4 unspecified atom stereocenters. The first-order chi connectivity index (χ1) is 31.6. The molecule has 4 aliphatic rings. The second-order valence-corrected chi connectivity index (χ2v) is 19.6. The van der Waals surface area contributed by atoms with Crippen LogP contribution in [0.5, 0.6) is 0 Å². The summed E-state index contributed by atoms with van der Waals surface area (Å²) < 4.78 is 32.2. The number of halogens is 2. The van der Waals surface area contributed by atoms with Crippen molar-refractivity contribution < 1.29 is 72.2 Å². The highest BCUT2D eigenvalue weighted by Gasteiger charge is 2.50. The molecule has 0 aromatic rings. The van der Waals surface area contributed by atoms with Gasteiger partial charge in [-0.05, 0) is 92.1 Å². The van der Waals surface area contributed by atoms with Gasteiger partial charge in [0.25, 0.3) is 6.47 Å². The van der Waals surface area contributed by atoms with Crippen molar-refractivity contribution in [2.24, 2.45) is 17.6 Å². The Labute approximate surface area is 414 Å². The van der Waals surface area contributed by atoms with E-state index >= 15 is 0 Å². The van der Waals surface area contributed by atoms with Crippen molar-refractivity contribution in [2.45, 2.75) is 162 Å². The Kier molecular flexibility index (Phi) is 37.2. The van der Waals surface area contributed by atoms with Crippen LogP contribution in [0, 0.1) is 11.8 Å². The fourth-order valence-electron chi connectivity index (χ4n) is 8.62. The first-order valence-electron chi connectivity index (χ1n) is 22.1. The highest BCUT2D eigenvalue weighted by molar-refractivity contribution is 7.99. The first kappa shape index (κ1) is 67.9. The number of aliphatic hydroxyl groups excluding tert-OH is 6. The number of aliphatic hydroxyl groups is 6. The highest BCUT2D eigenvalue weighted by Crippen LogP contribution is 2.33. The topological polar surface area (TPSA) is 288 Å². The average Bonchev–Trinajstić information content (AvgIpc) is 3.85. The van der Waals surface area contributed by atoms with Crippen molar-refractivity contribution >= 4 is 72.9 Å². The minimum atomic E-state index is -1.36. The Bertz CT molecular complexity index is 1330. The van der Waals surface area contributed by atoms with Crippen LogP contribution in [0.25, 0.3) is 0 Å². The Hall–Kier alpha value is -1.14. The van der Waals surface area contributed by atoms with Crippen molar-refractivity contribution in [2.75, 3.05) is 66.3 Å². The lowest BCUT2D eigenvalue weighted by atomic mass is 9.90. The molecule has 0 bridgehead atoms. The molecule has 0 aliphatic carbocycles. The van der Waals surface area contributed by atoms with Crippen molar-refractivity contribution in [3.05, 3.63) is 0 Å². The second-order valence-electron chi connectivity index (χ2n) is 17.1. The number of carbonyl (C=O) groups excluding carboxylic acids is 3. The van der Waals surface area contributed by atoms with Gasteiger partial charge in [-0.1, -0.05) is 26.7 Å². The van der Waals surface area contributed by atoms with Crippen molar-refractivity contribution in [1.82, 2.24) is 25.3 Å². The molecule has 2 amide bonds. The third kappa shape index (κ3) is 21.6. The Balaban J connectivity index is 0. The lowest BCUT2D eigenvalue weighted by molar-refractivity contribution is -0.208. The van der Waals surface area contributed by atoms with Crippen molar-refractivity contribution in [1.29, 1.82) is 0 Å². The number of likely N-dealkylation sites (N-methyl/N-ethyl adjacent to an activating group) is 3. The van der Waals surface area contributed by atoms with E-state index in [1.807, 2.05) is 46.8 Å². The molecule has 18 atom stereocenters. The fraction of sp³-hybridized carbons (Fsp3) is 0.905. The van der Waals surface area contributed by atoms with E-state index in [1.54, 1.807) is 19.4 Å². The van der Waals surface area contributed by atoms with Crippen molar-refractivity contribution in [3.63, 3.8) is 0 Å². The van der Waals surface area contributed by atoms with Crippen molar-refractivity contribution in [3.8, 4) is 0 Å². The molecular weight excluding hydrogens is 963 g/mol. The molecule has 19 nitrogen and oxygen atoms in total. The van der Waals surface area contributed by atoms with Crippen LogP contribution in [0.4, 0.5) is 7.77 Å². The first-order valence-corrected chi connectivity index (χ1v) is 26.9. The quantitative estimate of drug-likeness (QED) is 0.102. The molecule has 4 aliphatic heterocycles. The maximum absolute atomic E-state index is 13.2. The number of rotatable bonds is 15. The lowest BCUT2D eigenvalue weighted by Crippen LogP contribution is -2.67. The molecule has 398 valence electrons. The van der Waals surface area contributed by atoms with E-state index in [4.69, 9.17) is 29.9 Å². The summed E-state index contributed by atoms with van der Waals surface area (Å²) in [5.74, 6) is 0.788. The summed E-state index contributed by atoms with van der Waals surface area (Å²) >= 11 is 3.01. The Morgan fingerprint density at radius 1 is 0.731 bits per heavy atom. The molecule has 4 rings (SSSR count). The van der Waals surface area contributed by atoms with Crippen LogP contribution < -0.4 is 16.4 Å². The van der Waals surface area contributed by atoms with Crippen LogP contribution in [0.2, 0.25) is 0 Å². The molecular formula is C42H84F2N6O13S4. The Morgan fingerprint density at radius 2 is 1.04 bits per heavy atom. The number of hydrogen-bond donors (Lipinski definition) is 10. The monoisotopic (exact) mass is 1050 g/mol. The molecule has 0 aromatic carbocycles. The number of carbonyl (C=O) groups is 4. The number of hydrogen-bond acceptors (Lipinski definition) is 20. The van der Waals surface area contributed by atoms with E-state index in [0.29, 0.717) is 11.8 Å². The Morgan fingerprint density at radius 3 is 1.33 bits per heavy atom. The summed E-state index contributed by atoms with van der Waals surface area (Å²) in [4.78, 5) is 48.5. The zero-order valence-corrected chi connectivity index (χ0v) is 44.5. The average molecular weight is 1050 g/mol. The molecule has 4 fully saturated rings. The van der Waals surface area contributed by atoms with Crippen LogP contribution in [-0.4, -0.2) is 238 Å². The van der Waals surface area contributed by atoms with Crippen LogP contribution in [0.1, 0.15) is 66.2 Å². The summed E-state index contributed by atoms with van der Waals surface area (Å²) in [5.41, 5.74) is 4.71. The molecule has 0 aromatic heterocycles. The van der Waals surface area contributed by atoms with Gasteiger partial charge in [0.1, 0.15) is 66.5 Å². The standard InChI is InChI=1S/C20H39N3O5S.C18H35N3O5S.2CH3FS.CH2O2.CH2O/c1-7-8-12-9-13(23(5)10-12)19(27)21-14(11(2)22(3)4)18-16(25)15(24)17(26)20(28-18)29-6;1-5-6-10-7-11(21(3)8-10)17(25)20-12(9(2)19)16-14(23)13(22)15(24)18(26-16)27-4;2*1-3-2;2-1-3;1-2/h11-18,20,24-26H,7-10H2,1-6H3,(H,21,27);9-16,18,22-24H,5-8,19H2,1-4H3,(H,20,25);2*1H3;1H,(H,2,3);1H2/t11-,12+,13-,14+,15+,16?,17+,18+,20?;9-,10+,11-,12+,13+,14?,15+,16+,18?;;;;/m00..../s1. The molecule has 4 saturated heterocycles. The van der Waals surface area contributed by atoms with Gasteiger partial charge in [0.15, 0.2) is 0 Å². The van der Waals surface area contributed by atoms with Crippen LogP contribution in [0.15, 0.2) is 0 Å². The summed E-state index contributed by atoms with van der Waals surface area (Å²) in [5, 5.41) is 74.7. The van der Waals surface area contributed by atoms with E-state index in [-0.39, 0.29) is 60.7 Å². The number of thioether (sulfide) groups is 2. The SMILES string of the molecule is C=O.CCC[C@@H]1C[C@@H](C(=O)N[C@@H]([C@H]2OC(SC)[C@H](O)[C@H](O)C2O)[C@H](C)N(C)C)N(C)C1.CCC[C@@H]1C[C@@H](C(=O)N[C@H]([C@H](C)N)[C@H]2OC(SC)[C@H](O)[C@H](O)C2O)N(C)C1.CSF.CSF.O=CO. The van der Waals surface area contributed by atoms with Gasteiger partial charge in [-0.15, -0.1) is 23.5 Å². The number of nitrogens with two attached hydrogens (primary N) is 1. The highest BCUT2D eigenvalue weighted by atomic mass is 32.2. The predicted molar refractivity (Wildman–Crippen MR) is 265 cm³/mol. The van der Waals surface area contributed by atoms with Gasteiger partial charge in [-0.3, -0.25) is 24.2 Å². The lowest BCUT2D eigenvalue weighted by Gasteiger charge is -2.45. The maximum atomic E-state index is 13.2. The minimum Gasteiger partial charge on any atom is -0.483 e. The fourth-order valence-corrected chi connectivity index (χ4v) is 9.98. The normalized spacial score (nSPS) is 33.4. The molecule has 0 saturated carbocycles. The maximum Gasteiger partial charge on any atom is 0.290 e. The number of amides is 2. The van der Waals surface area contributed by atoms with Gasteiger partial charge in [0.2, 0.25) is 11.8 Å². The third-order valence-electron chi connectivity index (χ3n) is 12.2. The zero-order valence-electron chi connectivity index (χ0n) is 41.2. The largest absolute Gasteiger partial charge is 0.483 e. The van der Waals surface area contributed by atoms with E-state index in [9.17, 15) is 48.0 Å². The van der Waals surface area contributed by atoms with Gasteiger partial charge < -0.3 is 71.3 Å². The summed E-state index contributed by atoms with van der Waals surface area (Å²) in [6.07, 6.45) is 2.85. The van der Waals surface area contributed by atoms with Crippen LogP contribution in [-0.2, 0) is 28.7 Å². The van der Waals surface area contributed by atoms with E-state index in [0.717, 1.165) is 51.6 Å². The number of nitrogens with one attached hydrogen (secondary N) is 2. The molecule has 25 heteroatoms. The van der Waals surface area contributed by atoms with E-state index < -0.39 is 77.8 Å². The number of carboxylic acid groups (broad SMARTS) is 1. The van der Waals surface area contributed by atoms with Gasteiger partial charge in [-0.25, -0.2) is 0 Å². The molecule has 67 heavy (non-hydrogen) atoms. The smallest absolute Gasteiger partial charge is 0.290 e. The zero-order chi connectivity index (χ0) is 52.3. The molecule has 0 radical (unpaired) electrons. The van der Waals surface area contributed by atoms with Crippen LogP contribution >= 0.6 is 47.8 Å². The van der Waals surface area contributed by atoms with Gasteiger partial charge in [0.05, 0.1) is 24.2 Å². The number of ether oxygens (including phenoxy) is 2. The number of likely N-dealkylation sites (tertiary alicyclic amines) is 2. The molecule has 11 N–H and O–H groups in total. The summed E-state index contributed by atoms with van der Waals surface area (Å²) in [7, 11) is 7.71. The minimum absolute atomic E-state index is 0.0816. The van der Waals surface area contributed by atoms with Gasteiger partial charge in [-0.2, -0.15) is 7.77 Å². The van der Waals surface area contributed by atoms with Crippen LogP contribution in [0.3, 0.4) is 0 Å².